The summed E-state index contributed by atoms with van der Waals surface area (Å²) in [7, 11) is 0. The molecule has 26 heavy (non-hydrogen) atoms. The second kappa shape index (κ2) is 7.22. The molecule has 0 spiro atoms. The van der Waals surface area contributed by atoms with Crippen molar-refractivity contribution in [1.82, 2.24) is 10.2 Å². The third-order valence-electron chi connectivity index (χ3n) is 5.62. The van der Waals surface area contributed by atoms with E-state index in [1.54, 1.807) is 24.8 Å². The zero-order valence-electron chi connectivity index (χ0n) is 15.4. The Kier molecular flexibility index (Phi) is 5.33. The summed E-state index contributed by atoms with van der Waals surface area (Å²) in [5, 5.41) is 3.57. The van der Waals surface area contributed by atoms with E-state index in [1.165, 1.54) is 18.9 Å². The van der Waals surface area contributed by atoms with Gasteiger partial charge in [-0.3, -0.25) is 4.79 Å². The highest BCUT2D eigenvalue weighted by Crippen LogP contribution is 2.34. The van der Waals surface area contributed by atoms with Crippen LogP contribution in [0.2, 0.25) is 0 Å². The molecule has 2 fully saturated rings. The van der Waals surface area contributed by atoms with Crippen LogP contribution in [0.3, 0.4) is 0 Å². The van der Waals surface area contributed by atoms with Crippen LogP contribution in [0.4, 0.5) is 13.2 Å². The Balaban J connectivity index is 1.63. The Morgan fingerprint density at radius 1 is 1.12 bits per heavy atom. The van der Waals surface area contributed by atoms with Gasteiger partial charge in [-0.15, -0.1) is 0 Å². The highest BCUT2D eigenvalue weighted by atomic mass is 19.4. The standard InChI is InChI=1S/C20H27F3N2O/c1-19(2,15-4-3-5-16(12-15)20(21,22)23)18(26)25-10-8-17(9-11-25)24-13-14-6-7-14/h3-5,12,14,17,24H,6-11,13H2,1-2H3. The van der Waals surface area contributed by atoms with Gasteiger partial charge in [0.15, 0.2) is 0 Å². The molecule has 3 nitrogen and oxygen atoms in total. The first-order chi connectivity index (χ1) is 12.2. The highest BCUT2D eigenvalue weighted by molar-refractivity contribution is 5.87. The maximum atomic E-state index is 13.0. The Bertz CT molecular complexity index is 645. The van der Waals surface area contributed by atoms with Crippen molar-refractivity contribution in [3.05, 3.63) is 35.4 Å². The van der Waals surface area contributed by atoms with Crippen LogP contribution in [0, 0.1) is 5.92 Å². The van der Waals surface area contributed by atoms with Gasteiger partial charge in [0, 0.05) is 19.1 Å². The van der Waals surface area contributed by atoms with Crippen molar-refractivity contribution in [2.24, 2.45) is 5.92 Å². The van der Waals surface area contributed by atoms with Gasteiger partial charge in [-0.2, -0.15) is 13.2 Å². The predicted molar refractivity (Wildman–Crippen MR) is 94.8 cm³/mol. The molecule has 0 bridgehead atoms. The average Bonchev–Trinajstić information content (AvgIpc) is 3.43. The number of benzene rings is 1. The number of carbonyl (C=O) groups excluding carboxylic acids is 1. The quantitative estimate of drug-likeness (QED) is 0.853. The molecule has 144 valence electrons. The summed E-state index contributed by atoms with van der Waals surface area (Å²) >= 11 is 0. The van der Waals surface area contributed by atoms with Crippen molar-refractivity contribution in [1.29, 1.82) is 0 Å². The van der Waals surface area contributed by atoms with Gasteiger partial charge in [0.1, 0.15) is 0 Å². The summed E-state index contributed by atoms with van der Waals surface area (Å²) in [6.07, 6.45) is 0.0278. The molecule has 1 aliphatic carbocycles. The van der Waals surface area contributed by atoms with Gasteiger partial charge in [0.05, 0.1) is 11.0 Å². The van der Waals surface area contributed by atoms with E-state index in [4.69, 9.17) is 0 Å². The first-order valence-electron chi connectivity index (χ1n) is 9.38. The number of halogens is 3. The van der Waals surface area contributed by atoms with Crippen LogP contribution in [-0.2, 0) is 16.4 Å². The van der Waals surface area contributed by atoms with Crippen molar-refractivity contribution < 1.29 is 18.0 Å². The molecular formula is C20H27F3N2O. The van der Waals surface area contributed by atoms with Crippen LogP contribution in [0.25, 0.3) is 0 Å². The molecule has 1 heterocycles. The van der Waals surface area contributed by atoms with E-state index < -0.39 is 17.2 Å². The number of hydrogen-bond acceptors (Lipinski definition) is 2. The van der Waals surface area contributed by atoms with Gasteiger partial charge in [0.25, 0.3) is 0 Å². The zero-order valence-corrected chi connectivity index (χ0v) is 15.4. The normalized spacial score (nSPS) is 19.7. The Morgan fingerprint density at radius 2 is 1.73 bits per heavy atom. The van der Waals surface area contributed by atoms with Crippen molar-refractivity contribution in [2.75, 3.05) is 19.6 Å². The SMILES string of the molecule is CC(C)(C(=O)N1CCC(NCC2CC2)CC1)c1cccc(C(F)(F)F)c1. The third-order valence-corrected chi connectivity index (χ3v) is 5.62. The Labute approximate surface area is 152 Å². The van der Waals surface area contributed by atoms with Crippen molar-refractivity contribution in [3.63, 3.8) is 0 Å². The minimum Gasteiger partial charge on any atom is -0.342 e. The lowest BCUT2D eigenvalue weighted by Crippen LogP contribution is -2.50. The minimum atomic E-state index is -4.40. The summed E-state index contributed by atoms with van der Waals surface area (Å²) in [6, 6.07) is 5.57. The van der Waals surface area contributed by atoms with Crippen LogP contribution in [-0.4, -0.2) is 36.5 Å². The van der Waals surface area contributed by atoms with E-state index in [2.05, 4.69) is 5.32 Å². The third kappa shape index (κ3) is 4.40. The molecule has 1 saturated heterocycles. The fourth-order valence-corrected chi connectivity index (χ4v) is 3.55. The maximum absolute atomic E-state index is 13.0. The summed E-state index contributed by atoms with van der Waals surface area (Å²) in [5.74, 6) is 0.729. The molecule has 1 saturated carbocycles. The van der Waals surface area contributed by atoms with Gasteiger partial charge >= 0.3 is 6.18 Å². The predicted octanol–water partition coefficient (Wildman–Crippen LogP) is 3.97. The summed E-state index contributed by atoms with van der Waals surface area (Å²) < 4.78 is 39.0. The number of alkyl halides is 3. The molecule has 1 aromatic rings. The van der Waals surface area contributed by atoms with E-state index in [-0.39, 0.29) is 5.91 Å². The molecule has 0 unspecified atom stereocenters. The Morgan fingerprint density at radius 3 is 2.31 bits per heavy atom. The number of nitrogens with zero attached hydrogens (tertiary/aromatic N) is 1. The van der Waals surface area contributed by atoms with E-state index in [0.29, 0.717) is 24.7 Å². The van der Waals surface area contributed by atoms with E-state index in [9.17, 15) is 18.0 Å². The highest BCUT2D eigenvalue weighted by Gasteiger charge is 2.38. The molecule has 1 N–H and O–H groups in total. The largest absolute Gasteiger partial charge is 0.416 e. The van der Waals surface area contributed by atoms with E-state index >= 15 is 0 Å². The number of hydrogen-bond donors (Lipinski definition) is 1. The van der Waals surface area contributed by atoms with Crippen LogP contribution in [0.15, 0.2) is 24.3 Å². The number of carbonyl (C=O) groups is 1. The molecule has 0 atom stereocenters. The van der Waals surface area contributed by atoms with E-state index in [1.807, 2.05) is 0 Å². The van der Waals surface area contributed by atoms with Crippen molar-refractivity contribution >= 4 is 5.91 Å². The number of rotatable bonds is 5. The number of amides is 1. The van der Waals surface area contributed by atoms with Crippen LogP contribution >= 0.6 is 0 Å². The Hall–Kier alpha value is -1.56. The van der Waals surface area contributed by atoms with Gasteiger partial charge in [-0.05, 0) is 63.6 Å². The smallest absolute Gasteiger partial charge is 0.342 e. The number of likely N-dealkylation sites (tertiary alicyclic amines) is 1. The molecule has 1 amide bonds. The van der Waals surface area contributed by atoms with Gasteiger partial charge in [0.2, 0.25) is 5.91 Å². The van der Waals surface area contributed by atoms with Crippen LogP contribution in [0.1, 0.15) is 50.7 Å². The monoisotopic (exact) mass is 368 g/mol. The number of piperidine rings is 1. The summed E-state index contributed by atoms with van der Waals surface area (Å²) in [4.78, 5) is 14.8. The first kappa shape index (κ1) is 19.2. The molecule has 0 aromatic heterocycles. The number of nitrogens with one attached hydrogen (secondary N) is 1. The van der Waals surface area contributed by atoms with Crippen LogP contribution in [0.5, 0.6) is 0 Å². The molecule has 1 aromatic carbocycles. The van der Waals surface area contributed by atoms with Crippen LogP contribution < -0.4 is 5.32 Å². The van der Waals surface area contributed by atoms with Gasteiger partial charge < -0.3 is 10.2 Å². The molecular weight excluding hydrogens is 341 g/mol. The minimum absolute atomic E-state index is 0.0996. The fourth-order valence-electron chi connectivity index (χ4n) is 3.55. The van der Waals surface area contributed by atoms with Gasteiger partial charge in [-0.1, -0.05) is 18.2 Å². The maximum Gasteiger partial charge on any atom is 0.416 e. The molecule has 1 aliphatic heterocycles. The molecule has 6 heteroatoms. The zero-order chi connectivity index (χ0) is 18.9. The molecule has 2 aliphatic rings. The van der Waals surface area contributed by atoms with Gasteiger partial charge in [-0.25, -0.2) is 0 Å². The summed E-state index contributed by atoms with van der Waals surface area (Å²) in [5.41, 5.74) is -1.28. The van der Waals surface area contributed by atoms with Crippen molar-refractivity contribution in [3.8, 4) is 0 Å². The fraction of sp³-hybridized carbons (Fsp3) is 0.650. The van der Waals surface area contributed by atoms with Crippen molar-refractivity contribution in [2.45, 2.75) is 57.2 Å². The lowest BCUT2D eigenvalue weighted by atomic mass is 9.82. The molecule has 3 rings (SSSR count). The lowest BCUT2D eigenvalue weighted by Gasteiger charge is -2.37. The van der Waals surface area contributed by atoms with E-state index in [0.717, 1.165) is 37.4 Å². The average molecular weight is 368 g/mol. The second-order valence-corrected chi connectivity index (χ2v) is 8.12. The molecule has 0 radical (unpaired) electrons. The summed E-state index contributed by atoms with van der Waals surface area (Å²) in [6.45, 7) is 5.80. The topological polar surface area (TPSA) is 32.3 Å². The second-order valence-electron chi connectivity index (χ2n) is 8.12. The first-order valence-corrected chi connectivity index (χ1v) is 9.38. The lowest BCUT2D eigenvalue weighted by molar-refractivity contribution is -0.139.